The summed E-state index contributed by atoms with van der Waals surface area (Å²) >= 11 is 1.41. The maximum atomic E-state index is 12.2. The number of anilines is 1. The molecule has 1 aromatic heterocycles. The number of carbonyl (C=O) groups is 1. The van der Waals surface area contributed by atoms with Crippen LogP contribution in [-0.4, -0.2) is 17.5 Å². The smallest absolute Gasteiger partial charge is 0.264 e. The third-order valence-electron chi connectivity index (χ3n) is 4.38. The second-order valence-corrected chi connectivity index (χ2v) is 7.58. The number of fused-ring (bicyclic) bond motifs is 1. The number of aryl methyl sites for hydroxylation is 2. The van der Waals surface area contributed by atoms with E-state index in [4.69, 9.17) is 4.74 Å². The second kappa shape index (κ2) is 7.82. The molecule has 0 aliphatic rings. The number of amides is 1. The predicted molar refractivity (Wildman–Crippen MR) is 115 cm³/mol. The maximum Gasteiger partial charge on any atom is 0.264 e. The Morgan fingerprint density at radius 2 is 1.79 bits per heavy atom. The van der Waals surface area contributed by atoms with E-state index in [0.29, 0.717) is 10.9 Å². The van der Waals surface area contributed by atoms with Crippen molar-refractivity contribution in [3.05, 3.63) is 77.2 Å². The van der Waals surface area contributed by atoms with Gasteiger partial charge in [0.1, 0.15) is 5.75 Å². The first-order chi connectivity index (χ1) is 13.6. The molecule has 28 heavy (non-hydrogen) atoms. The fraction of sp³-hybridized carbons (Fsp3) is 0.130. The average molecular weight is 388 g/mol. The normalized spacial score (nSPS) is 10.8. The zero-order chi connectivity index (χ0) is 19.5. The van der Waals surface area contributed by atoms with Gasteiger partial charge in [0.05, 0.1) is 5.69 Å². The van der Waals surface area contributed by atoms with Crippen molar-refractivity contribution in [3.63, 3.8) is 0 Å². The van der Waals surface area contributed by atoms with Gasteiger partial charge in [-0.2, -0.15) is 0 Å². The Kier molecular flexibility index (Phi) is 5.08. The standard InChI is InChI=1S/C23H20N2O2S/c1-15-10-16(2)12-18(11-15)27-13-22(26)25-23-24-21(14-28-23)20-9-5-7-17-6-3-4-8-19(17)20/h3-12,14H,13H2,1-2H3,(H,24,25,26). The largest absolute Gasteiger partial charge is 0.484 e. The summed E-state index contributed by atoms with van der Waals surface area (Å²) in [6, 6.07) is 20.3. The van der Waals surface area contributed by atoms with E-state index in [-0.39, 0.29) is 12.5 Å². The summed E-state index contributed by atoms with van der Waals surface area (Å²) in [5.74, 6) is 0.473. The van der Waals surface area contributed by atoms with Crippen molar-refractivity contribution < 1.29 is 9.53 Å². The van der Waals surface area contributed by atoms with Gasteiger partial charge in [0.2, 0.25) is 0 Å². The molecule has 0 radical (unpaired) electrons. The molecule has 4 aromatic rings. The van der Waals surface area contributed by atoms with Gasteiger partial charge >= 0.3 is 0 Å². The van der Waals surface area contributed by atoms with Crippen molar-refractivity contribution in [1.82, 2.24) is 4.98 Å². The van der Waals surface area contributed by atoms with E-state index >= 15 is 0 Å². The molecule has 0 atom stereocenters. The molecule has 0 aliphatic carbocycles. The molecular weight excluding hydrogens is 368 g/mol. The molecule has 3 aromatic carbocycles. The molecule has 0 saturated carbocycles. The van der Waals surface area contributed by atoms with Crippen LogP contribution in [0.1, 0.15) is 11.1 Å². The summed E-state index contributed by atoms with van der Waals surface area (Å²) in [5, 5.41) is 7.66. The van der Waals surface area contributed by atoms with Gasteiger partial charge in [0.25, 0.3) is 5.91 Å². The fourth-order valence-corrected chi connectivity index (χ4v) is 3.95. The highest BCUT2D eigenvalue weighted by Crippen LogP contribution is 2.30. The molecule has 0 aliphatic heterocycles. The van der Waals surface area contributed by atoms with E-state index in [1.54, 1.807) is 0 Å². The highest BCUT2D eigenvalue weighted by molar-refractivity contribution is 7.14. The summed E-state index contributed by atoms with van der Waals surface area (Å²) in [6.07, 6.45) is 0. The molecule has 0 spiro atoms. The molecule has 4 rings (SSSR count). The molecule has 0 saturated heterocycles. The average Bonchev–Trinajstić information content (AvgIpc) is 3.13. The number of rotatable bonds is 5. The van der Waals surface area contributed by atoms with Crippen molar-refractivity contribution in [1.29, 1.82) is 0 Å². The Balaban J connectivity index is 1.45. The second-order valence-electron chi connectivity index (χ2n) is 6.72. The zero-order valence-electron chi connectivity index (χ0n) is 15.7. The molecule has 0 fully saturated rings. The Labute approximate surface area is 167 Å². The zero-order valence-corrected chi connectivity index (χ0v) is 16.5. The predicted octanol–water partition coefficient (Wildman–Crippen LogP) is 5.60. The van der Waals surface area contributed by atoms with E-state index in [9.17, 15) is 4.79 Å². The molecule has 5 heteroatoms. The number of hydrogen-bond acceptors (Lipinski definition) is 4. The van der Waals surface area contributed by atoms with Crippen LogP contribution in [0.3, 0.4) is 0 Å². The minimum absolute atomic E-state index is 0.0495. The lowest BCUT2D eigenvalue weighted by Gasteiger charge is -2.08. The maximum absolute atomic E-state index is 12.2. The van der Waals surface area contributed by atoms with Crippen LogP contribution < -0.4 is 10.1 Å². The van der Waals surface area contributed by atoms with Crippen molar-refractivity contribution >= 4 is 33.1 Å². The Morgan fingerprint density at radius 3 is 2.61 bits per heavy atom. The number of carbonyl (C=O) groups excluding carboxylic acids is 1. The molecule has 0 bridgehead atoms. The number of hydrogen-bond donors (Lipinski definition) is 1. The molecule has 4 nitrogen and oxygen atoms in total. The van der Waals surface area contributed by atoms with Gasteiger partial charge in [-0.15, -0.1) is 11.3 Å². The molecule has 140 valence electrons. The van der Waals surface area contributed by atoms with Crippen LogP contribution in [0.25, 0.3) is 22.0 Å². The van der Waals surface area contributed by atoms with Crippen molar-refractivity contribution in [2.45, 2.75) is 13.8 Å². The van der Waals surface area contributed by atoms with Gasteiger partial charge < -0.3 is 4.74 Å². The number of nitrogens with zero attached hydrogens (tertiary/aromatic N) is 1. The SMILES string of the molecule is Cc1cc(C)cc(OCC(=O)Nc2nc(-c3cccc4ccccc34)cs2)c1. The minimum Gasteiger partial charge on any atom is -0.484 e. The number of ether oxygens (including phenoxy) is 1. The first-order valence-corrected chi connectivity index (χ1v) is 9.91. The van der Waals surface area contributed by atoms with E-state index < -0.39 is 0 Å². The van der Waals surface area contributed by atoms with Crippen LogP contribution >= 0.6 is 11.3 Å². The van der Waals surface area contributed by atoms with E-state index in [0.717, 1.165) is 27.8 Å². The molecule has 0 unspecified atom stereocenters. The summed E-state index contributed by atoms with van der Waals surface area (Å²) in [7, 11) is 0. The van der Waals surface area contributed by atoms with Crippen LogP contribution in [-0.2, 0) is 4.79 Å². The Bertz CT molecular complexity index is 1120. The minimum atomic E-state index is -0.224. The summed E-state index contributed by atoms with van der Waals surface area (Å²) < 4.78 is 5.62. The van der Waals surface area contributed by atoms with Gasteiger partial charge in [-0.25, -0.2) is 4.98 Å². The highest BCUT2D eigenvalue weighted by Gasteiger charge is 2.11. The number of aromatic nitrogens is 1. The topological polar surface area (TPSA) is 51.2 Å². The fourth-order valence-electron chi connectivity index (χ4n) is 3.22. The van der Waals surface area contributed by atoms with Crippen LogP contribution in [0.5, 0.6) is 5.75 Å². The summed E-state index contributed by atoms with van der Waals surface area (Å²) in [6.45, 7) is 3.96. The lowest BCUT2D eigenvalue weighted by atomic mass is 10.0. The van der Waals surface area contributed by atoms with Crippen molar-refractivity contribution in [2.75, 3.05) is 11.9 Å². The van der Waals surface area contributed by atoms with Gasteiger partial charge in [0.15, 0.2) is 11.7 Å². The summed E-state index contributed by atoms with van der Waals surface area (Å²) in [5.41, 5.74) is 4.12. The third-order valence-corrected chi connectivity index (χ3v) is 5.14. The Morgan fingerprint density at radius 1 is 1.04 bits per heavy atom. The molecule has 1 N–H and O–H groups in total. The third kappa shape index (κ3) is 4.05. The van der Waals surface area contributed by atoms with Gasteiger partial charge in [0, 0.05) is 10.9 Å². The van der Waals surface area contributed by atoms with Crippen LogP contribution in [0, 0.1) is 13.8 Å². The molecular formula is C23H20N2O2S. The highest BCUT2D eigenvalue weighted by atomic mass is 32.1. The first-order valence-electron chi connectivity index (χ1n) is 9.03. The lowest BCUT2D eigenvalue weighted by molar-refractivity contribution is -0.118. The van der Waals surface area contributed by atoms with Crippen LogP contribution in [0.15, 0.2) is 66.0 Å². The number of thiazole rings is 1. The van der Waals surface area contributed by atoms with Crippen LogP contribution in [0.2, 0.25) is 0 Å². The van der Waals surface area contributed by atoms with Crippen LogP contribution in [0.4, 0.5) is 5.13 Å². The van der Waals surface area contributed by atoms with Gasteiger partial charge in [-0.1, -0.05) is 48.5 Å². The Hall–Kier alpha value is -3.18. The molecule has 1 amide bonds. The van der Waals surface area contributed by atoms with E-state index in [2.05, 4.69) is 34.6 Å². The lowest BCUT2D eigenvalue weighted by Crippen LogP contribution is -2.20. The van der Waals surface area contributed by atoms with E-state index in [1.165, 1.54) is 16.7 Å². The number of benzene rings is 3. The van der Waals surface area contributed by atoms with Crippen molar-refractivity contribution in [3.8, 4) is 17.0 Å². The molecule has 1 heterocycles. The monoisotopic (exact) mass is 388 g/mol. The quantitative estimate of drug-likeness (QED) is 0.484. The number of nitrogens with one attached hydrogen (secondary N) is 1. The van der Waals surface area contributed by atoms with Gasteiger partial charge in [-0.05, 0) is 47.9 Å². The van der Waals surface area contributed by atoms with E-state index in [1.807, 2.05) is 55.6 Å². The van der Waals surface area contributed by atoms with Crippen molar-refractivity contribution in [2.24, 2.45) is 0 Å². The summed E-state index contributed by atoms with van der Waals surface area (Å²) in [4.78, 5) is 16.8. The van der Waals surface area contributed by atoms with Gasteiger partial charge in [-0.3, -0.25) is 10.1 Å². The first kappa shape index (κ1) is 18.2.